The maximum Gasteiger partial charge on any atom is 0.328 e. The average molecular weight is 476 g/mol. The quantitative estimate of drug-likeness (QED) is 0.423. The summed E-state index contributed by atoms with van der Waals surface area (Å²) in [7, 11) is 3.40. The van der Waals surface area contributed by atoms with Crippen LogP contribution in [0.2, 0.25) is 10.0 Å². The number of carbonyl (C=O) groups excluding carboxylic acids is 2. The van der Waals surface area contributed by atoms with Crippen molar-refractivity contribution in [2.45, 2.75) is 19.9 Å². The Morgan fingerprint density at radius 1 is 1.00 bits per heavy atom. The van der Waals surface area contributed by atoms with Crippen molar-refractivity contribution in [3.63, 3.8) is 0 Å². The fourth-order valence-electron chi connectivity index (χ4n) is 3.24. The summed E-state index contributed by atoms with van der Waals surface area (Å²) in [5.74, 6) is -1.10. The standard InChI is InChI=1S/C22H23Cl2N5O3/c1-12(2)19(26-20(30)14-6-7-15(23)16(24)10-14)21(31)27-25-11-13-5-8-17-18(9-13)29(4)22(32)28(17)3/h5-12,19H,1-4H3,(H,26,30)(H,27,31). The zero-order valence-electron chi connectivity index (χ0n) is 18.0. The number of rotatable bonds is 6. The topological polar surface area (TPSA) is 97.5 Å². The van der Waals surface area contributed by atoms with Gasteiger partial charge in [0.1, 0.15) is 6.04 Å². The first kappa shape index (κ1) is 23.6. The van der Waals surface area contributed by atoms with Gasteiger partial charge in [0.2, 0.25) is 0 Å². The zero-order valence-corrected chi connectivity index (χ0v) is 19.5. The molecule has 1 unspecified atom stereocenters. The summed E-state index contributed by atoms with van der Waals surface area (Å²) >= 11 is 11.9. The molecule has 3 rings (SSSR count). The lowest BCUT2D eigenvalue weighted by Gasteiger charge is -2.20. The van der Waals surface area contributed by atoms with Crippen LogP contribution in [-0.4, -0.2) is 33.2 Å². The molecule has 2 amide bonds. The molecule has 0 aliphatic rings. The van der Waals surface area contributed by atoms with Gasteiger partial charge < -0.3 is 5.32 Å². The number of imidazole rings is 1. The second kappa shape index (κ2) is 9.58. The van der Waals surface area contributed by atoms with Crippen molar-refractivity contribution in [2.75, 3.05) is 0 Å². The van der Waals surface area contributed by atoms with E-state index in [1.54, 1.807) is 35.4 Å². The molecule has 0 spiro atoms. The molecule has 8 nitrogen and oxygen atoms in total. The summed E-state index contributed by atoms with van der Waals surface area (Å²) in [4.78, 5) is 37.2. The molecule has 1 heterocycles. The third-order valence-corrected chi connectivity index (χ3v) is 5.84. The van der Waals surface area contributed by atoms with E-state index in [-0.39, 0.29) is 16.6 Å². The predicted molar refractivity (Wildman–Crippen MR) is 126 cm³/mol. The van der Waals surface area contributed by atoms with Crippen LogP contribution in [0.4, 0.5) is 0 Å². The number of nitrogens with zero attached hydrogens (tertiary/aromatic N) is 3. The van der Waals surface area contributed by atoms with Crippen molar-refractivity contribution in [3.8, 4) is 0 Å². The van der Waals surface area contributed by atoms with Gasteiger partial charge in [-0.15, -0.1) is 0 Å². The smallest absolute Gasteiger partial charge is 0.328 e. The molecule has 32 heavy (non-hydrogen) atoms. The van der Waals surface area contributed by atoms with E-state index in [9.17, 15) is 14.4 Å². The van der Waals surface area contributed by atoms with Crippen LogP contribution in [0.3, 0.4) is 0 Å². The number of benzene rings is 2. The minimum atomic E-state index is -0.813. The number of hydrogen-bond donors (Lipinski definition) is 2. The number of nitrogens with one attached hydrogen (secondary N) is 2. The number of hydrogen-bond acceptors (Lipinski definition) is 4. The number of carbonyl (C=O) groups is 2. The Balaban J connectivity index is 1.71. The third-order valence-electron chi connectivity index (χ3n) is 5.10. The van der Waals surface area contributed by atoms with Gasteiger partial charge >= 0.3 is 5.69 Å². The lowest BCUT2D eigenvalue weighted by Crippen LogP contribution is -2.48. The highest BCUT2D eigenvalue weighted by Gasteiger charge is 2.24. The highest BCUT2D eigenvalue weighted by atomic mass is 35.5. The van der Waals surface area contributed by atoms with Crippen molar-refractivity contribution in [3.05, 3.63) is 68.1 Å². The number of aromatic nitrogens is 2. The lowest BCUT2D eigenvalue weighted by atomic mass is 10.0. The summed E-state index contributed by atoms with van der Waals surface area (Å²) in [5.41, 5.74) is 4.89. The normalized spacial score (nSPS) is 12.5. The van der Waals surface area contributed by atoms with Crippen LogP contribution in [0.5, 0.6) is 0 Å². The fraction of sp³-hybridized carbons (Fsp3) is 0.273. The Morgan fingerprint density at radius 2 is 1.69 bits per heavy atom. The van der Waals surface area contributed by atoms with Crippen LogP contribution < -0.4 is 16.4 Å². The van der Waals surface area contributed by atoms with Gasteiger partial charge in [-0.25, -0.2) is 10.2 Å². The molecule has 0 aliphatic carbocycles. The van der Waals surface area contributed by atoms with Crippen LogP contribution in [0, 0.1) is 5.92 Å². The van der Waals surface area contributed by atoms with Gasteiger partial charge in [-0.3, -0.25) is 18.7 Å². The van der Waals surface area contributed by atoms with Crippen molar-refractivity contribution in [1.82, 2.24) is 19.9 Å². The van der Waals surface area contributed by atoms with E-state index < -0.39 is 17.9 Å². The monoisotopic (exact) mass is 475 g/mol. The number of halogens is 2. The second-order valence-electron chi connectivity index (χ2n) is 7.71. The second-order valence-corrected chi connectivity index (χ2v) is 8.52. The van der Waals surface area contributed by atoms with Crippen LogP contribution in [0.1, 0.15) is 29.8 Å². The minimum Gasteiger partial charge on any atom is -0.340 e. The summed E-state index contributed by atoms with van der Waals surface area (Å²) in [6, 6.07) is 9.10. The van der Waals surface area contributed by atoms with E-state index in [4.69, 9.17) is 23.2 Å². The van der Waals surface area contributed by atoms with Crippen LogP contribution in [0.15, 0.2) is 46.3 Å². The summed E-state index contributed by atoms with van der Waals surface area (Å²) in [5, 5.41) is 7.30. The molecule has 3 aromatic rings. The maximum absolute atomic E-state index is 12.6. The Kier molecular flexibility index (Phi) is 7.06. The number of hydrazone groups is 1. The largest absolute Gasteiger partial charge is 0.340 e. The summed E-state index contributed by atoms with van der Waals surface area (Å²) < 4.78 is 3.10. The van der Waals surface area contributed by atoms with Gasteiger partial charge in [0.15, 0.2) is 0 Å². The van der Waals surface area contributed by atoms with Gasteiger partial charge in [-0.1, -0.05) is 43.1 Å². The van der Waals surface area contributed by atoms with E-state index in [1.807, 2.05) is 19.9 Å². The Labute approximate surface area is 194 Å². The number of fused-ring (bicyclic) bond motifs is 1. The van der Waals surface area contributed by atoms with E-state index in [2.05, 4.69) is 15.8 Å². The first-order chi connectivity index (χ1) is 15.1. The number of aryl methyl sites for hydroxylation is 2. The van der Waals surface area contributed by atoms with Gasteiger partial charge in [-0.05, 0) is 41.8 Å². The molecule has 168 valence electrons. The SMILES string of the molecule is CC(C)C(NC(=O)c1ccc(Cl)c(Cl)c1)C(=O)NN=Cc1ccc2c(c1)n(C)c(=O)n2C. The fourth-order valence-corrected chi connectivity index (χ4v) is 3.54. The van der Waals surface area contributed by atoms with E-state index >= 15 is 0 Å². The van der Waals surface area contributed by atoms with Crippen LogP contribution in [0.25, 0.3) is 11.0 Å². The summed E-state index contributed by atoms with van der Waals surface area (Å²) in [6.45, 7) is 3.62. The van der Waals surface area contributed by atoms with E-state index in [0.29, 0.717) is 16.1 Å². The molecule has 0 bridgehead atoms. The zero-order chi connectivity index (χ0) is 23.6. The van der Waals surface area contributed by atoms with Crippen molar-refractivity contribution in [2.24, 2.45) is 25.1 Å². The molecule has 0 fully saturated rings. The highest BCUT2D eigenvalue weighted by molar-refractivity contribution is 6.42. The first-order valence-electron chi connectivity index (χ1n) is 9.84. The molecule has 0 aliphatic heterocycles. The Hall–Kier alpha value is -3.10. The Morgan fingerprint density at radius 3 is 2.34 bits per heavy atom. The molecule has 2 aromatic carbocycles. The van der Waals surface area contributed by atoms with Gasteiger partial charge in [0.25, 0.3) is 11.8 Å². The molecular formula is C22H23Cl2N5O3. The van der Waals surface area contributed by atoms with Gasteiger partial charge in [0, 0.05) is 19.7 Å². The molecule has 1 aromatic heterocycles. The number of amides is 2. The molecule has 1 atom stereocenters. The Bertz CT molecular complexity index is 1280. The lowest BCUT2D eigenvalue weighted by molar-refractivity contribution is -0.123. The molecule has 2 N–H and O–H groups in total. The van der Waals surface area contributed by atoms with E-state index in [0.717, 1.165) is 11.0 Å². The molecule has 0 saturated heterocycles. The molecule has 0 saturated carbocycles. The maximum atomic E-state index is 12.6. The summed E-state index contributed by atoms with van der Waals surface area (Å²) in [6.07, 6.45) is 1.48. The minimum absolute atomic E-state index is 0.125. The van der Waals surface area contributed by atoms with E-state index in [1.165, 1.54) is 24.4 Å². The average Bonchev–Trinajstić information content (AvgIpc) is 2.97. The predicted octanol–water partition coefficient (Wildman–Crippen LogP) is 3.09. The highest BCUT2D eigenvalue weighted by Crippen LogP contribution is 2.22. The van der Waals surface area contributed by atoms with Crippen molar-refractivity contribution < 1.29 is 9.59 Å². The first-order valence-corrected chi connectivity index (χ1v) is 10.6. The molecule has 10 heteroatoms. The van der Waals surface area contributed by atoms with Crippen molar-refractivity contribution in [1.29, 1.82) is 0 Å². The molecule has 0 radical (unpaired) electrons. The molecular weight excluding hydrogens is 453 g/mol. The van der Waals surface area contributed by atoms with Crippen LogP contribution >= 0.6 is 23.2 Å². The van der Waals surface area contributed by atoms with Crippen molar-refractivity contribution >= 4 is 52.3 Å². The van der Waals surface area contributed by atoms with Gasteiger partial charge in [0.05, 0.1) is 27.3 Å². The third kappa shape index (κ3) is 4.87. The van der Waals surface area contributed by atoms with Gasteiger partial charge in [-0.2, -0.15) is 5.10 Å². The van der Waals surface area contributed by atoms with Crippen LogP contribution in [-0.2, 0) is 18.9 Å².